The van der Waals surface area contributed by atoms with Gasteiger partial charge in [-0.3, -0.25) is 4.90 Å². The molecular formula is C24H39NO6. The third-order valence-corrected chi connectivity index (χ3v) is 11.1. The summed E-state index contributed by atoms with van der Waals surface area (Å²) in [5, 5.41) is 35.9. The zero-order chi connectivity index (χ0) is 21.9. The second-order valence-corrected chi connectivity index (χ2v) is 11.6. The van der Waals surface area contributed by atoms with Gasteiger partial charge in [-0.2, -0.15) is 0 Å². The third-order valence-electron chi connectivity index (χ3n) is 11.1. The van der Waals surface area contributed by atoms with Gasteiger partial charge in [0.15, 0.2) is 0 Å². The Morgan fingerprint density at radius 2 is 1.84 bits per heavy atom. The Morgan fingerprint density at radius 1 is 1.06 bits per heavy atom. The smallest absolute Gasteiger partial charge is 0.0796 e. The van der Waals surface area contributed by atoms with Gasteiger partial charge in [-0.15, -0.1) is 0 Å². The molecule has 6 rings (SSSR count). The van der Waals surface area contributed by atoms with Crippen molar-refractivity contribution >= 4 is 0 Å². The molecule has 0 aromatic heterocycles. The van der Waals surface area contributed by atoms with Gasteiger partial charge in [-0.1, -0.05) is 6.92 Å². The fourth-order valence-electron chi connectivity index (χ4n) is 10.7. The molecule has 0 aromatic carbocycles. The summed E-state index contributed by atoms with van der Waals surface area (Å²) in [6.45, 7) is 4.57. The van der Waals surface area contributed by atoms with E-state index in [1.807, 2.05) is 7.11 Å². The van der Waals surface area contributed by atoms with Gasteiger partial charge in [0.1, 0.15) is 0 Å². The van der Waals surface area contributed by atoms with Crippen LogP contribution >= 0.6 is 0 Å². The lowest BCUT2D eigenvalue weighted by Crippen LogP contribution is -2.76. The van der Waals surface area contributed by atoms with E-state index in [4.69, 9.17) is 14.2 Å². The summed E-state index contributed by atoms with van der Waals surface area (Å²) in [5.74, 6) is -0.366. The lowest BCUT2D eigenvalue weighted by Gasteiger charge is -2.69. The number of hydrogen-bond acceptors (Lipinski definition) is 7. The van der Waals surface area contributed by atoms with Crippen molar-refractivity contribution in [1.82, 2.24) is 4.90 Å². The maximum absolute atomic E-state index is 12.4. The zero-order valence-electron chi connectivity index (χ0n) is 19.2. The molecule has 1 aliphatic heterocycles. The molecule has 31 heavy (non-hydrogen) atoms. The van der Waals surface area contributed by atoms with Crippen LogP contribution in [-0.2, 0) is 14.2 Å². The van der Waals surface area contributed by atoms with Crippen LogP contribution in [0, 0.1) is 40.4 Å². The zero-order valence-corrected chi connectivity index (χ0v) is 19.2. The first-order valence-corrected chi connectivity index (χ1v) is 12.2. The quantitative estimate of drug-likeness (QED) is 0.577. The van der Waals surface area contributed by atoms with Gasteiger partial charge in [0.25, 0.3) is 0 Å². The molecule has 0 aromatic rings. The summed E-state index contributed by atoms with van der Waals surface area (Å²) in [6, 6.07) is 0.0561. The van der Waals surface area contributed by atoms with Crippen LogP contribution in [0.2, 0.25) is 0 Å². The van der Waals surface area contributed by atoms with Crippen molar-refractivity contribution < 1.29 is 29.5 Å². The second kappa shape index (κ2) is 6.65. The van der Waals surface area contributed by atoms with E-state index in [9.17, 15) is 15.3 Å². The van der Waals surface area contributed by atoms with Crippen molar-refractivity contribution in [2.75, 3.05) is 41.0 Å². The van der Waals surface area contributed by atoms with Gasteiger partial charge < -0.3 is 29.5 Å². The number of aliphatic hydroxyl groups excluding tert-OH is 2. The Labute approximate surface area is 185 Å². The van der Waals surface area contributed by atoms with Crippen LogP contribution in [0.1, 0.15) is 32.6 Å². The van der Waals surface area contributed by atoms with Gasteiger partial charge in [0.2, 0.25) is 0 Å². The number of aliphatic hydroxyl groups is 3. The molecule has 1 saturated heterocycles. The number of rotatable bonds is 5. The van der Waals surface area contributed by atoms with E-state index in [0.29, 0.717) is 13.0 Å². The summed E-state index contributed by atoms with van der Waals surface area (Å²) in [7, 11) is 5.26. The Morgan fingerprint density at radius 3 is 2.48 bits per heavy atom. The third kappa shape index (κ3) is 2.12. The van der Waals surface area contributed by atoms with Crippen LogP contribution in [0.3, 0.4) is 0 Å². The number of fused-ring (bicyclic) bond motifs is 2. The largest absolute Gasteiger partial charge is 0.392 e. The first-order valence-electron chi connectivity index (χ1n) is 12.2. The lowest BCUT2D eigenvalue weighted by molar-refractivity contribution is -0.276. The monoisotopic (exact) mass is 437 g/mol. The van der Waals surface area contributed by atoms with Crippen molar-refractivity contribution in [3.05, 3.63) is 0 Å². The fourth-order valence-corrected chi connectivity index (χ4v) is 10.7. The van der Waals surface area contributed by atoms with Gasteiger partial charge in [-0.25, -0.2) is 0 Å². The molecule has 6 aliphatic rings. The molecule has 5 saturated carbocycles. The number of piperidine rings is 1. The minimum Gasteiger partial charge on any atom is -0.392 e. The summed E-state index contributed by atoms with van der Waals surface area (Å²) < 4.78 is 17.9. The highest BCUT2D eigenvalue weighted by molar-refractivity contribution is 5.35. The van der Waals surface area contributed by atoms with Crippen LogP contribution in [0.5, 0.6) is 0 Å². The Balaban J connectivity index is 1.62. The predicted molar refractivity (Wildman–Crippen MR) is 112 cm³/mol. The van der Waals surface area contributed by atoms with Gasteiger partial charge >= 0.3 is 0 Å². The van der Waals surface area contributed by atoms with Crippen LogP contribution < -0.4 is 0 Å². The lowest BCUT2D eigenvalue weighted by atomic mass is 9.43. The molecule has 3 N–H and O–H groups in total. The molecule has 6 fully saturated rings. The minimum absolute atomic E-state index is 0.0167. The Hall–Kier alpha value is -0.280. The molecule has 13 atom stereocenters. The predicted octanol–water partition coefficient (Wildman–Crippen LogP) is 0.502. The van der Waals surface area contributed by atoms with Crippen LogP contribution in [0.15, 0.2) is 0 Å². The highest BCUT2D eigenvalue weighted by Crippen LogP contribution is 2.79. The Kier molecular flexibility index (Phi) is 4.56. The standard InChI is InChI=1S/C24H39NO6/c1-5-25-10-22(11-29-2)7-6-15(31-4)24-13-8-12-14(30-3)9-23(28,16(13)18(12)26)17(21(24)25)19(27)20(22)24/h12-21,26-28H,5-11H2,1-4H3/t12-,13+,14-,15-,16+,17+,18-,19+,20+,21+,22-,23+,24-/m0/s1. The van der Waals surface area contributed by atoms with E-state index < -0.39 is 17.8 Å². The number of methoxy groups -OCH3 is 3. The highest BCUT2D eigenvalue weighted by atomic mass is 16.5. The summed E-state index contributed by atoms with van der Waals surface area (Å²) in [5.41, 5.74) is -1.55. The van der Waals surface area contributed by atoms with E-state index in [1.54, 1.807) is 14.2 Å². The van der Waals surface area contributed by atoms with E-state index in [-0.39, 0.29) is 58.7 Å². The SMILES string of the molecule is CCN1C[C@]2(COC)CC[C@H](OC)[C@@]34[C@@H]5C[C@@H]6[C@H](O)[C@@H]5[C@](O)(C[C@@H]6OC)[C@H]([C@@H](O)[C@H]23)[C@@H]14. The van der Waals surface area contributed by atoms with Crippen LogP contribution in [-0.4, -0.2) is 97.3 Å². The van der Waals surface area contributed by atoms with Crippen molar-refractivity contribution in [2.45, 2.75) is 68.7 Å². The molecule has 176 valence electrons. The molecule has 0 unspecified atom stereocenters. The van der Waals surface area contributed by atoms with Crippen molar-refractivity contribution in [2.24, 2.45) is 40.4 Å². The van der Waals surface area contributed by atoms with Crippen LogP contribution in [0.4, 0.5) is 0 Å². The summed E-state index contributed by atoms with van der Waals surface area (Å²) in [6.07, 6.45) is 1.86. The second-order valence-electron chi connectivity index (χ2n) is 11.6. The molecule has 0 amide bonds. The number of hydrogen-bond donors (Lipinski definition) is 3. The van der Waals surface area contributed by atoms with Crippen molar-refractivity contribution in [3.63, 3.8) is 0 Å². The minimum atomic E-state index is -1.13. The first-order chi connectivity index (χ1) is 14.9. The van der Waals surface area contributed by atoms with E-state index in [0.717, 1.165) is 32.4 Å². The van der Waals surface area contributed by atoms with Gasteiger partial charge in [0.05, 0.1) is 36.6 Å². The Bertz CT molecular complexity index is 752. The molecule has 1 heterocycles. The molecule has 7 heteroatoms. The van der Waals surface area contributed by atoms with Crippen molar-refractivity contribution in [3.8, 4) is 0 Å². The normalized spacial score (nSPS) is 61.6. The molecule has 7 bridgehead atoms. The topological polar surface area (TPSA) is 91.6 Å². The highest BCUT2D eigenvalue weighted by Gasteiger charge is 2.86. The average Bonchev–Trinajstić information content (AvgIpc) is 3.14. The molecule has 1 spiro atoms. The molecular weight excluding hydrogens is 398 g/mol. The molecule has 0 radical (unpaired) electrons. The maximum atomic E-state index is 12.4. The molecule has 7 nitrogen and oxygen atoms in total. The van der Waals surface area contributed by atoms with E-state index in [2.05, 4.69) is 11.8 Å². The number of likely N-dealkylation sites (tertiary alicyclic amines) is 1. The van der Waals surface area contributed by atoms with Gasteiger partial charge in [-0.05, 0) is 31.7 Å². The van der Waals surface area contributed by atoms with Crippen molar-refractivity contribution in [1.29, 1.82) is 0 Å². The van der Waals surface area contributed by atoms with E-state index in [1.165, 1.54) is 0 Å². The first kappa shape index (κ1) is 21.3. The molecule has 5 aliphatic carbocycles. The van der Waals surface area contributed by atoms with E-state index >= 15 is 0 Å². The maximum Gasteiger partial charge on any atom is 0.0796 e. The van der Waals surface area contributed by atoms with Gasteiger partial charge in [0, 0.05) is 74.8 Å². The fraction of sp³-hybridized carbons (Fsp3) is 1.00. The summed E-state index contributed by atoms with van der Waals surface area (Å²) >= 11 is 0. The van der Waals surface area contributed by atoms with Crippen LogP contribution in [0.25, 0.3) is 0 Å². The number of ether oxygens (including phenoxy) is 3. The number of nitrogens with zero attached hydrogens (tertiary/aromatic N) is 1. The average molecular weight is 438 g/mol. The summed E-state index contributed by atoms with van der Waals surface area (Å²) in [4.78, 5) is 2.52.